The lowest BCUT2D eigenvalue weighted by Gasteiger charge is -2.61. The molecular weight excluding hydrogens is 274 g/mol. The van der Waals surface area contributed by atoms with E-state index >= 15 is 0 Å². The highest BCUT2D eigenvalue weighted by molar-refractivity contribution is 5.77. The fourth-order valence-electron chi connectivity index (χ4n) is 7.07. The first kappa shape index (κ1) is 15.0. The fourth-order valence-corrected chi connectivity index (χ4v) is 7.07. The fraction of sp³-hybridized carbons (Fsp3) is 0.947. The molecule has 0 radical (unpaired) electrons. The van der Waals surface area contributed by atoms with Crippen LogP contribution in [0.2, 0.25) is 0 Å². The molecule has 0 bridgehead atoms. The number of carbonyl (C=O) groups is 1. The lowest BCUT2D eigenvalue weighted by atomic mass is 9.45. The zero-order valence-corrected chi connectivity index (χ0v) is 14.3. The Balaban J connectivity index is 1.68. The number of aliphatic hydroxyl groups excluding tert-OH is 1. The molecule has 3 heteroatoms. The summed E-state index contributed by atoms with van der Waals surface area (Å²) in [5, 5.41) is 13.6. The molecule has 22 heavy (non-hydrogen) atoms. The van der Waals surface area contributed by atoms with Gasteiger partial charge in [0.2, 0.25) is 5.91 Å². The third-order valence-corrected chi connectivity index (χ3v) is 8.21. The molecule has 2 N–H and O–H groups in total. The Morgan fingerprint density at radius 2 is 1.95 bits per heavy atom. The van der Waals surface area contributed by atoms with Crippen molar-refractivity contribution in [3.8, 4) is 0 Å². The number of carbonyl (C=O) groups excluding carboxylic acids is 1. The van der Waals surface area contributed by atoms with Crippen molar-refractivity contribution in [1.29, 1.82) is 0 Å². The number of nitrogens with one attached hydrogen (secondary N) is 1. The minimum Gasteiger partial charge on any atom is -0.393 e. The van der Waals surface area contributed by atoms with Crippen molar-refractivity contribution >= 4 is 5.91 Å². The average Bonchev–Trinajstić information content (AvgIpc) is 2.75. The Hall–Kier alpha value is -0.570. The number of aliphatic hydroxyl groups is 1. The van der Waals surface area contributed by atoms with Gasteiger partial charge in [-0.3, -0.25) is 4.79 Å². The van der Waals surface area contributed by atoms with Gasteiger partial charge in [-0.25, -0.2) is 0 Å². The van der Waals surface area contributed by atoms with E-state index in [0.29, 0.717) is 29.7 Å². The predicted molar refractivity (Wildman–Crippen MR) is 86.1 cm³/mol. The Kier molecular flexibility index (Phi) is 3.21. The second-order valence-electron chi connectivity index (χ2n) is 9.42. The first-order valence-electron chi connectivity index (χ1n) is 9.31. The molecule has 1 heterocycles. The lowest BCUT2D eigenvalue weighted by Crippen LogP contribution is -2.62. The molecule has 1 amide bonds. The van der Waals surface area contributed by atoms with Crippen LogP contribution < -0.4 is 5.32 Å². The molecule has 4 rings (SSSR count). The quantitative estimate of drug-likeness (QED) is 0.722. The maximum absolute atomic E-state index is 11.9. The van der Waals surface area contributed by atoms with Crippen LogP contribution in [0, 0.1) is 34.5 Å². The highest BCUT2D eigenvalue weighted by atomic mass is 16.3. The van der Waals surface area contributed by atoms with E-state index in [1.807, 2.05) is 0 Å². The molecule has 0 spiro atoms. The monoisotopic (exact) mass is 305 g/mol. The van der Waals surface area contributed by atoms with E-state index in [0.717, 1.165) is 37.5 Å². The van der Waals surface area contributed by atoms with E-state index in [1.165, 1.54) is 12.8 Å². The highest BCUT2D eigenvalue weighted by Gasteiger charge is 2.61. The standard InChI is InChI=1S/C19H31NO2/c1-11-8-15-19(3,7-5-16(22)20-15)13-4-6-18(2)10-12(21)9-14(18)17(11)13/h11-15,17,21H,4-10H2,1-3H3,(H,20,22)/t11?,12-,13?,14?,15?,17?,18+,19+/m0/s1. The van der Waals surface area contributed by atoms with Gasteiger partial charge in [-0.2, -0.15) is 0 Å². The van der Waals surface area contributed by atoms with Gasteiger partial charge in [0.1, 0.15) is 0 Å². The molecule has 124 valence electrons. The Morgan fingerprint density at radius 3 is 2.73 bits per heavy atom. The Labute approximate surface area is 134 Å². The van der Waals surface area contributed by atoms with Crippen molar-refractivity contribution < 1.29 is 9.90 Å². The van der Waals surface area contributed by atoms with Gasteiger partial charge < -0.3 is 10.4 Å². The molecule has 0 aromatic carbocycles. The van der Waals surface area contributed by atoms with E-state index in [-0.39, 0.29) is 17.4 Å². The van der Waals surface area contributed by atoms with Crippen LogP contribution >= 0.6 is 0 Å². The van der Waals surface area contributed by atoms with Crippen LogP contribution in [0.4, 0.5) is 0 Å². The van der Waals surface area contributed by atoms with Crippen molar-refractivity contribution in [2.24, 2.45) is 34.5 Å². The first-order valence-corrected chi connectivity index (χ1v) is 9.31. The van der Waals surface area contributed by atoms with Gasteiger partial charge in [0.25, 0.3) is 0 Å². The van der Waals surface area contributed by atoms with E-state index < -0.39 is 0 Å². The summed E-state index contributed by atoms with van der Waals surface area (Å²) in [6.45, 7) is 7.26. The van der Waals surface area contributed by atoms with Gasteiger partial charge in [-0.1, -0.05) is 20.8 Å². The highest BCUT2D eigenvalue weighted by Crippen LogP contribution is 2.65. The first-order chi connectivity index (χ1) is 10.3. The van der Waals surface area contributed by atoms with E-state index in [2.05, 4.69) is 26.1 Å². The molecule has 0 aromatic heterocycles. The molecule has 8 atom stereocenters. The molecule has 3 saturated carbocycles. The number of amides is 1. The number of hydrogen-bond acceptors (Lipinski definition) is 2. The largest absolute Gasteiger partial charge is 0.393 e. The summed E-state index contributed by atoms with van der Waals surface area (Å²) in [6, 6.07) is 0.376. The SMILES string of the molecule is CC1CC2NC(=O)CC[C@]2(C)C2CC[C@]3(C)C[C@@H](O)CC3C12. The minimum atomic E-state index is -0.0856. The van der Waals surface area contributed by atoms with Gasteiger partial charge in [0.15, 0.2) is 0 Å². The molecule has 4 aliphatic rings. The van der Waals surface area contributed by atoms with E-state index in [9.17, 15) is 9.90 Å². The van der Waals surface area contributed by atoms with Gasteiger partial charge >= 0.3 is 0 Å². The molecule has 1 aliphatic heterocycles. The smallest absolute Gasteiger partial charge is 0.220 e. The predicted octanol–water partition coefficient (Wildman–Crippen LogP) is 3.11. The number of piperidine rings is 1. The zero-order valence-electron chi connectivity index (χ0n) is 14.3. The number of hydrogen-bond donors (Lipinski definition) is 2. The van der Waals surface area contributed by atoms with E-state index in [4.69, 9.17) is 0 Å². The minimum absolute atomic E-state index is 0.0856. The average molecular weight is 305 g/mol. The summed E-state index contributed by atoms with van der Waals surface area (Å²) < 4.78 is 0. The Bertz CT molecular complexity index is 492. The van der Waals surface area contributed by atoms with Crippen LogP contribution in [0.1, 0.15) is 65.7 Å². The normalized spacial score (nSPS) is 57.5. The van der Waals surface area contributed by atoms with Crippen LogP contribution in [0.25, 0.3) is 0 Å². The topological polar surface area (TPSA) is 49.3 Å². The summed E-state index contributed by atoms with van der Waals surface area (Å²) in [5.74, 6) is 3.07. The molecular formula is C19H31NO2. The van der Waals surface area contributed by atoms with Crippen LogP contribution in [0.15, 0.2) is 0 Å². The van der Waals surface area contributed by atoms with Crippen LogP contribution in [0.5, 0.6) is 0 Å². The summed E-state index contributed by atoms with van der Waals surface area (Å²) in [6.07, 6.45) is 7.37. The number of fused-ring (bicyclic) bond motifs is 5. The van der Waals surface area contributed by atoms with Crippen molar-refractivity contribution in [2.45, 2.75) is 77.9 Å². The maximum Gasteiger partial charge on any atom is 0.220 e. The summed E-state index contributed by atoms with van der Waals surface area (Å²) in [4.78, 5) is 11.9. The van der Waals surface area contributed by atoms with Crippen molar-refractivity contribution in [3.63, 3.8) is 0 Å². The second-order valence-corrected chi connectivity index (χ2v) is 9.42. The zero-order chi connectivity index (χ0) is 15.7. The number of rotatable bonds is 0. The van der Waals surface area contributed by atoms with Gasteiger partial charge in [-0.05, 0) is 73.0 Å². The molecule has 0 aromatic rings. The summed E-state index contributed by atoms with van der Waals surface area (Å²) >= 11 is 0. The maximum atomic E-state index is 11.9. The molecule has 3 aliphatic carbocycles. The molecule has 1 saturated heterocycles. The third-order valence-electron chi connectivity index (χ3n) is 8.21. The van der Waals surface area contributed by atoms with Crippen LogP contribution in [0.3, 0.4) is 0 Å². The third kappa shape index (κ3) is 1.93. The van der Waals surface area contributed by atoms with Crippen molar-refractivity contribution in [1.82, 2.24) is 5.32 Å². The van der Waals surface area contributed by atoms with Gasteiger partial charge in [0.05, 0.1) is 6.10 Å². The second kappa shape index (κ2) is 4.72. The molecule has 3 nitrogen and oxygen atoms in total. The lowest BCUT2D eigenvalue weighted by molar-refractivity contribution is -0.141. The summed E-state index contributed by atoms with van der Waals surface area (Å²) in [7, 11) is 0. The van der Waals surface area contributed by atoms with Gasteiger partial charge in [0, 0.05) is 12.5 Å². The molecule has 5 unspecified atom stereocenters. The molecule has 4 fully saturated rings. The van der Waals surface area contributed by atoms with Crippen LogP contribution in [-0.2, 0) is 4.79 Å². The van der Waals surface area contributed by atoms with E-state index in [1.54, 1.807) is 0 Å². The van der Waals surface area contributed by atoms with Crippen molar-refractivity contribution in [2.75, 3.05) is 0 Å². The van der Waals surface area contributed by atoms with Crippen molar-refractivity contribution in [3.05, 3.63) is 0 Å². The van der Waals surface area contributed by atoms with Crippen LogP contribution in [-0.4, -0.2) is 23.2 Å². The Morgan fingerprint density at radius 1 is 1.18 bits per heavy atom. The summed E-state index contributed by atoms with van der Waals surface area (Å²) in [5.41, 5.74) is 0.635. The van der Waals surface area contributed by atoms with Gasteiger partial charge in [-0.15, -0.1) is 0 Å².